The van der Waals surface area contributed by atoms with E-state index in [2.05, 4.69) is 15.4 Å². The number of hydrogen-bond acceptors (Lipinski definition) is 5. The van der Waals surface area contributed by atoms with E-state index in [-0.39, 0.29) is 22.9 Å². The maximum atomic E-state index is 12.4. The minimum atomic E-state index is -4.08. The topological polar surface area (TPSA) is 120 Å². The minimum absolute atomic E-state index is 0.0494. The first-order valence-corrected chi connectivity index (χ1v) is 11.2. The highest BCUT2D eigenvalue weighted by atomic mass is 35.5. The molecule has 0 unspecified atom stereocenters. The first kappa shape index (κ1) is 21.9. The van der Waals surface area contributed by atoms with Gasteiger partial charge in [-0.05, 0) is 35.7 Å². The number of carbonyl (C=O) groups excluding carboxylic acids is 1. The van der Waals surface area contributed by atoms with Crippen LogP contribution in [0.15, 0.2) is 53.7 Å². The van der Waals surface area contributed by atoms with Gasteiger partial charge < -0.3 is 5.32 Å². The van der Waals surface area contributed by atoms with Crippen LogP contribution in [-0.4, -0.2) is 29.1 Å². The lowest BCUT2D eigenvalue weighted by atomic mass is 10.1. The molecule has 2 aromatic carbocycles. The number of nitrogens with zero attached hydrogens (tertiary/aromatic N) is 3. The molecule has 0 saturated carbocycles. The van der Waals surface area contributed by atoms with Gasteiger partial charge in [-0.1, -0.05) is 43.6 Å². The number of nitrogens with one attached hydrogen (secondary N) is 1. The first-order valence-electron chi connectivity index (χ1n) is 9.24. The van der Waals surface area contributed by atoms with Crippen LogP contribution in [-0.2, 0) is 27.7 Å². The molecule has 0 aliphatic heterocycles. The average Bonchev–Trinajstić information content (AvgIpc) is 3.10. The quantitative estimate of drug-likeness (QED) is 0.576. The summed E-state index contributed by atoms with van der Waals surface area (Å²) in [4.78, 5) is 16.4. The molecule has 3 aromatic rings. The molecule has 8 nitrogen and oxygen atoms in total. The molecule has 0 atom stereocenters. The Labute approximate surface area is 180 Å². The van der Waals surface area contributed by atoms with Gasteiger partial charge in [0, 0.05) is 17.1 Å². The Morgan fingerprint density at radius 2 is 1.97 bits per heavy atom. The molecule has 0 spiro atoms. The number of anilines is 1. The van der Waals surface area contributed by atoms with Gasteiger partial charge in [0.1, 0.15) is 11.2 Å². The number of nitrogens with two attached hydrogens (primary N) is 1. The van der Waals surface area contributed by atoms with E-state index < -0.39 is 10.0 Å². The molecular weight excluding hydrogens is 426 g/mol. The number of benzene rings is 2. The largest absolute Gasteiger partial charge is 0.326 e. The number of sulfonamides is 1. The highest BCUT2D eigenvalue weighted by Crippen LogP contribution is 2.24. The molecule has 1 aromatic heterocycles. The lowest BCUT2D eigenvalue weighted by Crippen LogP contribution is -2.18. The van der Waals surface area contributed by atoms with Crippen molar-refractivity contribution in [3.63, 3.8) is 0 Å². The van der Waals surface area contributed by atoms with Crippen LogP contribution < -0.4 is 10.5 Å². The maximum Gasteiger partial charge on any atom is 0.240 e. The summed E-state index contributed by atoms with van der Waals surface area (Å²) in [6.45, 7) is 4.08. The molecule has 3 N–H and O–H groups in total. The van der Waals surface area contributed by atoms with Gasteiger partial charge in [-0.25, -0.2) is 23.2 Å². The summed E-state index contributed by atoms with van der Waals surface area (Å²) >= 11 is 6.09. The third-order valence-corrected chi connectivity index (χ3v) is 5.54. The van der Waals surface area contributed by atoms with E-state index in [0.29, 0.717) is 34.4 Å². The van der Waals surface area contributed by atoms with Gasteiger partial charge in [-0.3, -0.25) is 4.79 Å². The van der Waals surface area contributed by atoms with Crippen LogP contribution in [0.2, 0.25) is 5.02 Å². The standard InChI is InChI=1S/C20H22ClN5O3S/c1-13(2)9-19-23-12-26(25-19)17-8-7-15(11-18(17)30(22,28)29)24-20(27)10-14-5-3-4-6-16(14)21/h3-8,11-13H,9-10H2,1-2H3,(H,24,27)(H2,22,28,29). The summed E-state index contributed by atoms with van der Waals surface area (Å²) in [5, 5.41) is 12.9. The Bertz CT molecular complexity index is 1170. The molecule has 0 saturated heterocycles. The second-order valence-electron chi connectivity index (χ2n) is 7.25. The zero-order valence-corrected chi connectivity index (χ0v) is 18.1. The molecule has 0 bridgehead atoms. The molecule has 0 radical (unpaired) electrons. The van der Waals surface area contributed by atoms with E-state index in [0.717, 1.165) is 0 Å². The van der Waals surface area contributed by atoms with Gasteiger partial charge in [0.05, 0.1) is 12.1 Å². The number of hydrogen-bond donors (Lipinski definition) is 2. The maximum absolute atomic E-state index is 12.4. The van der Waals surface area contributed by atoms with Crippen molar-refractivity contribution in [2.24, 2.45) is 11.1 Å². The van der Waals surface area contributed by atoms with E-state index >= 15 is 0 Å². The van der Waals surface area contributed by atoms with Gasteiger partial charge in [-0.15, -0.1) is 0 Å². The number of rotatable bonds is 7. The van der Waals surface area contributed by atoms with E-state index in [1.54, 1.807) is 30.3 Å². The predicted octanol–water partition coefficient (Wildman–Crippen LogP) is 2.95. The first-order chi connectivity index (χ1) is 14.1. The summed E-state index contributed by atoms with van der Waals surface area (Å²) in [5.74, 6) is 0.618. The highest BCUT2D eigenvalue weighted by Gasteiger charge is 2.19. The Balaban J connectivity index is 1.87. The van der Waals surface area contributed by atoms with Crippen molar-refractivity contribution >= 4 is 33.2 Å². The molecular formula is C20H22ClN5O3S. The van der Waals surface area contributed by atoms with E-state index in [1.165, 1.54) is 23.1 Å². The summed E-state index contributed by atoms with van der Waals surface area (Å²) in [6, 6.07) is 11.4. The fraction of sp³-hybridized carbons (Fsp3) is 0.250. The van der Waals surface area contributed by atoms with Crippen LogP contribution in [0.25, 0.3) is 5.69 Å². The number of carbonyl (C=O) groups is 1. The van der Waals surface area contributed by atoms with Crippen molar-refractivity contribution in [2.75, 3.05) is 5.32 Å². The van der Waals surface area contributed by atoms with Gasteiger partial charge in [0.15, 0.2) is 5.82 Å². The Hall–Kier alpha value is -2.75. The molecule has 0 fully saturated rings. The van der Waals surface area contributed by atoms with Crippen molar-refractivity contribution in [3.05, 3.63) is 65.2 Å². The average molecular weight is 448 g/mol. The highest BCUT2D eigenvalue weighted by molar-refractivity contribution is 7.89. The Morgan fingerprint density at radius 3 is 2.63 bits per heavy atom. The molecule has 10 heteroatoms. The Morgan fingerprint density at radius 1 is 1.23 bits per heavy atom. The molecule has 3 rings (SSSR count). The minimum Gasteiger partial charge on any atom is -0.326 e. The monoisotopic (exact) mass is 447 g/mol. The Kier molecular flexibility index (Phi) is 6.55. The van der Waals surface area contributed by atoms with Gasteiger partial charge in [0.25, 0.3) is 0 Å². The second kappa shape index (κ2) is 8.95. The zero-order chi connectivity index (χ0) is 21.9. The lowest BCUT2D eigenvalue weighted by molar-refractivity contribution is -0.115. The molecule has 0 aliphatic carbocycles. The van der Waals surface area contributed by atoms with E-state index in [1.807, 2.05) is 13.8 Å². The number of aromatic nitrogens is 3. The molecule has 158 valence electrons. The van der Waals surface area contributed by atoms with Crippen molar-refractivity contribution in [3.8, 4) is 5.69 Å². The third kappa shape index (κ3) is 5.44. The number of primary sulfonamides is 1. The molecule has 1 heterocycles. The van der Waals surface area contributed by atoms with Crippen molar-refractivity contribution < 1.29 is 13.2 Å². The van der Waals surface area contributed by atoms with Crippen molar-refractivity contribution in [1.82, 2.24) is 14.8 Å². The third-order valence-electron chi connectivity index (χ3n) is 4.24. The smallest absolute Gasteiger partial charge is 0.240 e. The molecule has 1 amide bonds. The zero-order valence-electron chi connectivity index (χ0n) is 16.5. The SMILES string of the molecule is CC(C)Cc1ncn(-c2ccc(NC(=O)Cc3ccccc3Cl)cc2S(N)(=O)=O)n1. The summed E-state index contributed by atoms with van der Waals surface area (Å²) in [7, 11) is -4.08. The predicted molar refractivity (Wildman–Crippen MR) is 115 cm³/mol. The van der Waals surface area contributed by atoms with Crippen molar-refractivity contribution in [2.45, 2.75) is 31.6 Å². The van der Waals surface area contributed by atoms with Gasteiger partial charge >= 0.3 is 0 Å². The van der Waals surface area contributed by atoms with Crippen molar-refractivity contribution in [1.29, 1.82) is 0 Å². The summed E-state index contributed by atoms with van der Waals surface area (Å²) in [6.07, 6.45) is 2.15. The van der Waals surface area contributed by atoms with Crippen LogP contribution in [0, 0.1) is 5.92 Å². The van der Waals surface area contributed by atoms with Gasteiger partial charge in [-0.2, -0.15) is 5.10 Å². The lowest BCUT2D eigenvalue weighted by Gasteiger charge is -2.11. The van der Waals surface area contributed by atoms with Crippen LogP contribution in [0.1, 0.15) is 25.2 Å². The summed E-state index contributed by atoms with van der Waals surface area (Å²) in [5.41, 5.74) is 1.21. The van der Waals surface area contributed by atoms with E-state index in [4.69, 9.17) is 16.7 Å². The number of halogens is 1. The van der Waals surface area contributed by atoms with Crippen LogP contribution in [0.4, 0.5) is 5.69 Å². The second-order valence-corrected chi connectivity index (χ2v) is 9.18. The fourth-order valence-electron chi connectivity index (χ4n) is 2.90. The fourth-order valence-corrected chi connectivity index (χ4v) is 3.85. The van der Waals surface area contributed by atoms with Gasteiger partial charge in [0.2, 0.25) is 15.9 Å². The molecule has 0 aliphatic rings. The van der Waals surface area contributed by atoms with E-state index in [9.17, 15) is 13.2 Å². The number of amides is 1. The van der Waals surface area contributed by atoms with Crippen LogP contribution in [0.3, 0.4) is 0 Å². The normalized spacial score (nSPS) is 11.6. The van der Waals surface area contributed by atoms with Crippen LogP contribution in [0.5, 0.6) is 0 Å². The summed E-state index contributed by atoms with van der Waals surface area (Å²) < 4.78 is 25.7. The molecule has 30 heavy (non-hydrogen) atoms. The van der Waals surface area contributed by atoms with Crippen LogP contribution >= 0.6 is 11.6 Å².